The van der Waals surface area contributed by atoms with Crippen molar-refractivity contribution in [3.05, 3.63) is 70.8 Å². The van der Waals surface area contributed by atoms with Crippen LogP contribution in [0.5, 0.6) is 0 Å². The van der Waals surface area contributed by atoms with Crippen molar-refractivity contribution in [3.8, 4) is 0 Å². The summed E-state index contributed by atoms with van der Waals surface area (Å²) in [6.07, 6.45) is 0. The van der Waals surface area contributed by atoms with E-state index in [1.54, 1.807) is 0 Å². The second-order valence-electron chi connectivity index (χ2n) is 7.29. The third-order valence-electron chi connectivity index (χ3n) is 4.07. The molecule has 0 aliphatic rings. The van der Waals surface area contributed by atoms with Gasteiger partial charge < -0.3 is 5.11 Å². The Balaban J connectivity index is 2.39. The Morgan fingerprint density at radius 3 is 1.58 bits per heavy atom. The molecule has 2 N–H and O–H groups in total. The average Bonchev–Trinajstić information content (AvgIpc) is 2.52. The van der Waals surface area contributed by atoms with Crippen molar-refractivity contribution in [1.29, 1.82) is 0 Å². The van der Waals surface area contributed by atoms with Gasteiger partial charge in [-0.15, -0.1) is 0 Å². The number of benzene rings is 2. The van der Waals surface area contributed by atoms with Gasteiger partial charge in [-0.2, -0.15) is 0 Å². The van der Waals surface area contributed by atoms with Crippen molar-refractivity contribution >= 4 is 11.0 Å². The summed E-state index contributed by atoms with van der Waals surface area (Å²) in [5, 5.41) is 11.5. The molecule has 130 valence electrons. The highest BCUT2D eigenvalue weighted by Gasteiger charge is 2.33. The molecule has 0 spiro atoms. The molecule has 0 saturated heterocycles. The van der Waals surface area contributed by atoms with Crippen LogP contribution in [0.15, 0.2) is 48.5 Å². The zero-order chi connectivity index (χ0) is 18.0. The van der Waals surface area contributed by atoms with Crippen LogP contribution in [0.25, 0.3) is 0 Å². The molecule has 0 fully saturated rings. The first kappa shape index (κ1) is 18.8. The number of nitrogens with one attached hydrogen (secondary N) is 1. The standard InChI is InChI=1S/C20H27NO2S/c1-15-6-10-17(11-7-15)20(22,14-21-24(23)19(3,4)5)18-12-8-16(2)9-13-18/h6-13,21-22H,14H2,1-5H3. The molecular weight excluding hydrogens is 318 g/mol. The van der Waals surface area contributed by atoms with Crippen LogP contribution < -0.4 is 4.72 Å². The smallest absolute Gasteiger partial charge is 0.128 e. The number of aryl methyl sites for hydroxylation is 2. The molecule has 0 aromatic heterocycles. The van der Waals surface area contributed by atoms with Crippen LogP contribution in [0.3, 0.4) is 0 Å². The van der Waals surface area contributed by atoms with Crippen LogP contribution >= 0.6 is 0 Å². The van der Waals surface area contributed by atoms with E-state index in [0.29, 0.717) is 0 Å². The predicted molar refractivity (Wildman–Crippen MR) is 101 cm³/mol. The fraction of sp³-hybridized carbons (Fsp3) is 0.400. The van der Waals surface area contributed by atoms with Gasteiger partial charge in [-0.1, -0.05) is 59.7 Å². The fourth-order valence-electron chi connectivity index (χ4n) is 2.42. The Kier molecular flexibility index (Phi) is 5.63. The largest absolute Gasteiger partial charge is 0.379 e. The molecule has 4 heteroatoms. The van der Waals surface area contributed by atoms with Crippen LogP contribution in [-0.2, 0) is 16.6 Å². The fourth-order valence-corrected chi connectivity index (χ4v) is 3.19. The van der Waals surface area contributed by atoms with E-state index in [0.717, 1.165) is 22.3 Å². The van der Waals surface area contributed by atoms with Gasteiger partial charge in [-0.25, -0.2) is 8.93 Å². The maximum absolute atomic E-state index is 12.4. The Morgan fingerprint density at radius 2 is 1.25 bits per heavy atom. The molecule has 0 heterocycles. The summed E-state index contributed by atoms with van der Waals surface area (Å²) < 4.78 is 15.0. The summed E-state index contributed by atoms with van der Waals surface area (Å²) in [7, 11) is -1.25. The van der Waals surface area contributed by atoms with Gasteiger partial charge in [0.05, 0.1) is 15.7 Å². The number of hydrogen-bond donors (Lipinski definition) is 2. The van der Waals surface area contributed by atoms with Crippen LogP contribution in [-0.4, -0.2) is 20.6 Å². The van der Waals surface area contributed by atoms with E-state index in [1.807, 2.05) is 83.1 Å². The highest BCUT2D eigenvalue weighted by atomic mass is 32.2. The third kappa shape index (κ3) is 4.32. The molecule has 1 unspecified atom stereocenters. The summed E-state index contributed by atoms with van der Waals surface area (Å²) in [6, 6.07) is 15.6. The van der Waals surface area contributed by atoms with Gasteiger partial charge in [0.2, 0.25) is 0 Å². The molecule has 0 aliphatic heterocycles. The van der Waals surface area contributed by atoms with Gasteiger partial charge in [0, 0.05) is 6.54 Å². The summed E-state index contributed by atoms with van der Waals surface area (Å²) in [5.41, 5.74) is 2.61. The van der Waals surface area contributed by atoms with E-state index in [-0.39, 0.29) is 11.3 Å². The zero-order valence-electron chi connectivity index (χ0n) is 15.1. The average molecular weight is 346 g/mol. The van der Waals surface area contributed by atoms with Crippen LogP contribution in [0, 0.1) is 13.8 Å². The molecule has 2 aromatic rings. The maximum atomic E-state index is 12.4. The molecule has 0 amide bonds. The Bertz CT molecular complexity index is 654. The molecular formula is C20H27NO2S. The molecule has 3 nitrogen and oxygen atoms in total. The van der Waals surface area contributed by atoms with Crippen LogP contribution in [0.1, 0.15) is 43.0 Å². The summed E-state index contributed by atoms with van der Waals surface area (Å²) >= 11 is 0. The second-order valence-corrected chi connectivity index (χ2v) is 9.35. The minimum Gasteiger partial charge on any atom is -0.379 e. The van der Waals surface area contributed by atoms with E-state index >= 15 is 0 Å². The summed E-state index contributed by atoms with van der Waals surface area (Å²) in [4.78, 5) is 0. The monoisotopic (exact) mass is 345 g/mol. The second kappa shape index (κ2) is 7.18. The lowest BCUT2D eigenvalue weighted by atomic mass is 9.86. The van der Waals surface area contributed by atoms with Gasteiger partial charge >= 0.3 is 0 Å². The first-order valence-corrected chi connectivity index (χ1v) is 9.30. The topological polar surface area (TPSA) is 49.3 Å². The van der Waals surface area contributed by atoms with Gasteiger partial charge in [0.15, 0.2) is 0 Å². The first-order chi connectivity index (χ1) is 11.1. The van der Waals surface area contributed by atoms with E-state index in [2.05, 4.69) is 4.72 Å². The van der Waals surface area contributed by atoms with Crippen LogP contribution in [0.2, 0.25) is 0 Å². The molecule has 0 aliphatic carbocycles. The van der Waals surface area contributed by atoms with Crippen molar-refractivity contribution in [2.75, 3.05) is 6.54 Å². The molecule has 2 rings (SSSR count). The minimum atomic E-state index is -1.25. The quantitative estimate of drug-likeness (QED) is 0.870. The zero-order valence-corrected chi connectivity index (χ0v) is 15.9. The Labute approximate surface area is 147 Å². The molecule has 0 radical (unpaired) electrons. The molecule has 1 atom stereocenters. The van der Waals surface area contributed by atoms with Crippen molar-refractivity contribution in [2.45, 2.75) is 45.0 Å². The molecule has 24 heavy (non-hydrogen) atoms. The number of aliphatic hydroxyl groups is 1. The third-order valence-corrected chi connectivity index (χ3v) is 5.59. The Morgan fingerprint density at radius 1 is 0.875 bits per heavy atom. The van der Waals surface area contributed by atoms with Gasteiger partial charge in [-0.3, -0.25) is 0 Å². The highest BCUT2D eigenvalue weighted by Crippen LogP contribution is 2.30. The SMILES string of the molecule is Cc1ccc(C(O)(CNS(=O)C(C)(C)C)c2ccc(C)cc2)cc1. The van der Waals surface area contributed by atoms with Crippen molar-refractivity contribution in [3.63, 3.8) is 0 Å². The normalized spacial score (nSPS) is 13.8. The van der Waals surface area contributed by atoms with E-state index < -0.39 is 16.6 Å². The highest BCUT2D eigenvalue weighted by molar-refractivity contribution is 7.84. The Hall–Kier alpha value is -1.49. The van der Waals surface area contributed by atoms with Crippen LogP contribution in [0.4, 0.5) is 0 Å². The van der Waals surface area contributed by atoms with Crippen molar-refractivity contribution < 1.29 is 9.32 Å². The molecule has 2 aromatic carbocycles. The maximum Gasteiger partial charge on any atom is 0.128 e. The lowest BCUT2D eigenvalue weighted by Crippen LogP contribution is -2.43. The van der Waals surface area contributed by atoms with Gasteiger partial charge in [0.25, 0.3) is 0 Å². The van der Waals surface area contributed by atoms with E-state index in [4.69, 9.17) is 0 Å². The minimum absolute atomic E-state index is 0.184. The lowest BCUT2D eigenvalue weighted by Gasteiger charge is -2.31. The summed E-state index contributed by atoms with van der Waals surface area (Å²) in [6.45, 7) is 9.94. The molecule has 0 bridgehead atoms. The summed E-state index contributed by atoms with van der Waals surface area (Å²) in [5.74, 6) is 0. The first-order valence-electron chi connectivity index (χ1n) is 8.15. The van der Waals surface area contributed by atoms with E-state index in [1.165, 1.54) is 0 Å². The van der Waals surface area contributed by atoms with E-state index in [9.17, 15) is 9.32 Å². The van der Waals surface area contributed by atoms with Gasteiger partial charge in [0.1, 0.15) is 5.60 Å². The lowest BCUT2D eigenvalue weighted by molar-refractivity contribution is 0.0863. The van der Waals surface area contributed by atoms with Crippen molar-refractivity contribution in [2.24, 2.45) is 0 Å². The number of rotatable bonds is 5. The van der Waals surface area contributed by atoms with Gasteiger partial charge in [-0.05, 0) is 45.7 Å². The predicted octanol–water partition coefficient (Wildman–Crippen LogP) is 3.59. The van der Waals surface area contributed by atoms with Crippen molar-refractivity contribution in [1.82, 2.24) is 4.72 Å². The molecule has 0 saturated carbocycles. The number of hydrogen-bond acceptors (Lipinski definition) is 2.